The minimum absolute atomic E-state index is 0.819. The van der Waals surface area contributed by atoms with Crippen LogP contribution in [0.1, 0.15) is 38.7 Å². The maximum atomic E-state index is 5.95. The number of hydrogen-bond acceptors (Lipinski definition) is 2. The third-order valence-corrected chi connectivity index (χ3v) is 5.28. The van der Waals surface area contributed by atoms with Crippen LogP contribution in [-0.4, -0.2) is 18.0 Å². The Kier molecular flexibility index (Phi) is 5.28. The lowest BCUT2D eigenvalue weighted by atomic mass is 9.89. The van der Waals surface area contributed by atoms with Crippen LogP contribution in [0.5, 0.6) is 0 Å². The molecule has 0 aromatic heterocycles. The molecule has 1 heterocycles. The normalized spacial score (nSPS) is 21.6. The predicted octanol–water partition coefficient (Wildman–Crippen LogP) is 4.29. The highest BCUT2D eigenvalue weighted by Gasteiger charge is 2.20. The second kappa shape index (κ2) is 6.76. The lowest BCUT2D eigenvalue weighted by Crippen LogP contribution is -2.24. The van der Waals surface area contributed by atoms with Gasteiger partial charge in [-0.15, -0.1) is 0 Å². The number of hydrogen-bond donors (Lipinski definition) is 1. The molecule has 1 fully saturated rings. The molecule has 1 saturated heterocycles. The minimum Gasteiger partial charge on any atom is -0.398 e. The summed E-state index contributed by atoms with van der Waals surface area (Å²) >= 11 is 3.61. The molecule has 0 radical (unpaired) electrons. The van der Waals surface area contributed by atoms with Crippen molar-refractivity contribution in [3.63, 3.8) is 0 Å². The molecule has 0 spiro atoms. The molecule has 0 saturated carbocycles. The molecule has 1 atom stereocenters. The summed E-state index contributed by atoms with van der Waals surface area (Å²) < 4.78 is 1.07. The van der Waals surface area contributed by atoms with E-state index < -0.39 is 0 Å². The smallest absolute Gasteiger partial charge is 0.0461 e. The van der Waals surface area contributed by atoms with Crippen LogP contribution in [0.15, 0.2) is 22.7 Å². The zero-order chi connectivity index (χ0) is 13.8. The number of likely N-dealkylation sites (tertiary alicyclic amines) is 1. The first-order chi connectivity index (χ1) is 9.08. The van der Waals surface area contributed by atoms with E-state index in [4.69, 9.17) is 5.73 Å². The van der Waals surface area contributed by atoms with Crippen molar-refractivity contribution in [1.82, 2.24) is 4.90 Å². The highest BCUT2D eigenvalue weighted by molar-refractivity contribution is 9.10. The van der Waals surface area contributed by atoms with Crippen LogP contribution in [-0.2, 0) is 6.54 Å². The molecular weight excluding hydrogens is 300 g/mol. The summed E-state index contributed by atoms with van der Waals surface area (Å²) in [6, 6.07) is 6.17. The van der Waals surface area contributed by atoms with Crippen molar-refractivity contribution in [2.45, 2.75) is 39.7 Å². The Bertz CT molecular complexity index is 417. The summed E-state index contributed by atoms with van der Waals surface area (Å²) in [5.41, 5.74) is 8.10. The van der Waals surface area contributed by atoms with Gasteiger partial charge >= 0.3 is 0 Å². The van der Waals surface area contributed by atoms with Gasteiger partial charge in [-0.3, -0.25) is 4.90 Å². The van der Waals surface area contributed by atoms with E-state index in [1.807, 2.05) is 12.1 Å². The first kappa shape index (κ1) is 14.9. The molecule has 2 N–H and O–H groups in total. The van der Waals surface area contributed by atoms with Crippen molar-refractivity contribution < 1.29 is 0 Å². The van der Waals surface area contributed by atoms with E-state index in [0.29, 0.717) is 0 Å². The van der Waals surface area contributed by atoms with Crippen molar-refractivity contribution in [3.05, 3.63) is 28.2 Å². The van der Waals surface area contributed by atoms with Crippen LogP contribution in [0.2, 0.25) is 0 Å². The van der Waals surface area contributed by atoms with E-state index in [9.17, 15) is 0 Å². The molecule has 19 heavy (non-hydrogen) atoms. The Hall–Kier alpha value is -0.540. The van der Waals surface area contributed by atoms with E-state index in [2.05, 4.69) is 40.7 Å². The Labute approximate surface area is 125 Å². The maximum absolute atomic E-state index is 5.95. The average Bonchev–Trinajstić information content (AvgIpc) is 2.60. The molecule has 2 nitrogen and oxygen atoms in total. The number of rotatable bonds is 3. The third-order valence-electron chi connectivity index (χ3n) is 4.31. The lowest BCUT2D eigenvalue weighted by molar-refractivity contribution is 0.264. The SMILES string of the molecule is CC(C)C1CCCN(Cc2cccc(N)c2Br)CC1. The van der Waals surface area contributed by atoms with Crippen molar-refractivity contribution in [2.24, 2.45) is 11.8 Å². The Morgan fingerprint density at radius 2 is 2.11 bits per heavy atom. The maximum Gasteiger partial charge on any atom is 0.0461 e. The van der Waals surface area contributed by atoms with Gasteiger partial charge in [0.1, 0.15) is 0 Å². The fourth-order valence-corrected chi connectivity index (χ4v) is 3.36. The molecule has 1 aliphatic heterocycles. The third kappa shape index (κ3) is 3.96. The highest BCUT2D eigenvalue weighted by atomic mass is 79.9. The van der Waals surface area contributed by atoms with Gasteiger partial charge in [0, 0.05) is 16.7 Å². The van der Waals surface area contributed by atoms with Crippen molar-refractivity contribution in [3.8, 4) is 0 Å². The number of nitrogens with zero attached hydrogens (tertiary/aromatic N) is 1. The number of nitrogens with two attached hydrogens (primary N) is 1. The van der Waals surface area contributed by atoms with Gasteiger partial charge in [-0.05, 0) is 71.7 Å². The van der Waals surface area contributed by atoms with Crippen LogP contribution in [0, 0.1) is 11.8 Å². The number of benzene rings is 1. The topological polar surface area (TPSA) is 29.3 Å². The quantitative estimate of drug-likeness (QED) is 0.840. The average molecular weight is 325 g/mol. The van der Waals surface area contributed by atoms with Crippen LogP contribution in [0.3, 0.4) is 0 Å². The Morgan fingerprint density at radius 3 is 2.84 bits per heavy atom. The van der Waals surface area contributed by atoms with E-state index in [1.165, 1.54) is 37.9 Å². The summed E-state index contributed by atoms with van der Waals surface area (Å²) in [6.07, 6.45) is 4.03. The van der Waals surface area contributed by atoms with Crippen LogP contribution in [0.25, 0.3) is 0 Å². The predicted molar refractivity (Wildman–Crippen MR) is 86.0 cm³/mol. The second-order valence-corrected chi connectivity index (χ2v) is 6.82. The fraction of sp³-hybridized carbons (Fsp3) is 0.625. The van der Waals surface area contributed by atoms with Gasteiger partial charge in [0.2, 0.25) is 0 Å². The molecule has 1 aliphatic rings. The Balaban J connectivity index is 1.98. The molecule has 1 aromatic carbocycles. The lowest BCUT2D eigenvalue weighted by Gasteiger charge is -2.22. The van der Waals surface area contributed by atoms with Gasteiger partial charge in [0.15, 0.2) is 0 Å². The van der Waals surface area contributed by atoms with Gasteiger partial charge in [0.25, 0.3) is 0 Å². The molecule has 0 bridgehead atoms. The van der Waals surface area contributed by atoms with E-state index in [0.717, 1.165) is 28.5 Å². The van der Waals surface area contributed by atoms with Gasteiger partial charge in [0.05, 0.1) is 0 Å². The minimum atomic E-state index is 0.819. The summed E-state index contributed by atoms with van der Waals surface area (Å²) in [4.78, 5) is 2.57. The monoisotopic (exact) mass is 324 g/mol. The highest BCUT2D eigenvalue weighted by Crippen LogP contribution is 2.28. The summed E-state index contributed by atoms with van der Waals surface area (Å²) in [6.45, 7) is 8.15. The van der Waals surface area contributed by atoms with Gasteiger partial charge in [-0.2, -0.15) is 0 Å². The van der Waals surface area contributed by atoms with Gasteiger partial charge in [-0.25, -0.2) is 0 Å². The van der Waals surface area contributed by atoms with Gasteiger partial charge in [-0.1, -0.05) is 26.0 Å². The van der Waals surface area contributed by atoms with Crippen molar-refractivity contribution in [2.75, 3.05) is 18.8 Å². The first-order valence-corrected chi connectivity index (χ1v) is 8.12. The molecule has 106 valence electrons. The summed E-state index contributed by atoms with van der Waals surface area (Å²) in [7, 11) is 0. The zero-order valence-corrected chi connectivity index (χ0v) is 13.6. The molecule has 0 amide bonds. The molecule has 1 unspecified atom stereocenters. The standard InChI is InChI=1S/C16H25BrN2/c1-12(2)13-6-4-9-19(10-8-13)11-14-5-3-7-15(18)16(14)17/h3,5,7,12-13H,4,6,8-11,18H2,1-2H3. The molecule has 1 aromatic rings. The molecular formula is C16H25BrN2. The molecule has 2 rings (SSSR count). The summed E-state index contributed by atoms with van der Waals surface area (Å²) in [5.74, 6) is 1.72. The molecule has 3 heteroatoms. The summed E-state index contributed by atoms with van der Waals surface area (Å²) in [5, 5.41) is 0. The molecule has 0 aliphatic carbocycles. The van der Waals surface area contributed by atoms with Crippen molar-refractivity contribution >= 4 is 21.6 Å². The van der Waals surface area contributed by atoms with Gasteiger partial charge < -0.3 is 5.73 Å². The second-order valence-electron chi connectivity index (χ2n) is 6.03. The van der Waals surface area contributed by atoms with Crippen LogP contribution >= 0.6 is 15.9 Å². The van der Waals surface area contributed by atoms with Crippen LogP contribution in [0.4, 0.5) is 5.69 Å². The number of halogens is 1. The van der Waals surface area contributed by atoms with E-state index in [-0.39, 0.29) is 0 Å². The largest absolute Gasteiger partial charge is 0.398 e. The Morgan fingerprint density at radius 1 is 1.32 bits per heavy atom. The van der Waals surface area contributed by atoms with E-state index in [1.54, 1.807) is 0 Å². The van der Waals surface area contributed by atoms with E-state index >= 15 is 0 Å². The first-order valence-electron chi connectivity index (χ1n) is 7.33. The number of nitrogen functional groups attached to an aromatic ring is 1. The zero-order valence-electron chi connectivity index (χ0n) is 12.0. The van der Waals surface area contributed by atoms with Crippen LogP contribution < -0.4 is 5.73 Å². The fourth-order valence-electron chi connectivity index (χ4n) is 2.97. The number of anilines is 1. The van der Waals surface area contributed by atoms with Crippen molar-refractivity contribution in [1.29, 1.82) is 0 Å².